The predicted octanol–water partition coefficient (Wildman–Crippen LogP) is 0.231. The van der Waals surface area contributed by atoms with E-state index in [0.29, 0.717) is 19.8 Å². The molecule has 0 aromatic heterocycles. The SMILES string of the molecule is COCC[N+](C)(C)CCOC(=O)CC(C)=O. The first-order valence-electron chi connectivity index (χ1n) is 5.33. The summed E-state index contributed by atoms with van der Waals surface area (Å²) in [6.45, 7) is 3.96. The molecule has 0 heterocycles. The van der Waals surface area contributed by atoms with Gasteiger partial charge in [0.1, 0.15) is 31.9 Å². The molecule has 0 fully saturated rings. The van der Waals surface area contributed by atoms with Crippen molar-refractivity contribution in [1.82, 2.24) is 0 Å². The molecule has 5 nitrogen and oxygen atoms in total. The standard InChI is InChI=1S/C11H22NO4/c1-10(13)9-11(14)16-8-6-12(2,3)5-7-15-4/h5-9H2,1-4H3/q+1. The fourth-order valence-corrected chi connectivity index (χ4v) is 1.11. The Labute approximate surface area is 96.9 Å². The fourth-order valence-electron chi connectivity index (χ4n) is 1.11. The topological polar surface area (TPSA) is 52.6 Å². The highest BCUT2D eigenvalue weighted by molar-refractivity contribution is 5.94. The van der Waals surface area contributed by atoms with Gasteiger partial charge < -0.3 is 14.0 Å². The van der Waals surface area contributed by atoms with Gasteiger partial charge in [-0.1, -0.05) is 0 Å². The molecule has 0 unspecified atom stereocenters. The summed E-state index contributed by atoms with van der Waals surface area (Å²) in [6, 6.07) is 0. The third-order valence-electron chi connectivity index (χ3n) is 2.25. The van der Waals surface area contributed by atoms with Crippen LogP contribution in [0.15, 0.2) is 0 Å². The van der Waals surface area contributed by atoms with Crippen LogP contribution in [0.5, 0.6) is 0 Å². The number of rotatable bonds is 8. The van der Waals surface area contributed by atoms with Gasteiger partial charge in [0.25, 0.3) is 0 Å². The summed E-state index contributed by atoms with van der Waals surface area (Å²) >= 11 is 0. The summed E-state index contributed by atoms with van der Waals surface area (Å²) in [6.07, 6.45) is -0.133. The quantitative estimate of drug-likeness (QED) is 0.341. The van der Waals surface area contributed by atoms with Gasteiger partial charge in [-0.15, -0.1) is 0 Å². The van der Waals surface area contributed by atoms with E-state index in [4.69, 9.17) is 9.47 Å². The Morgan fingerprint density at radius 3 is 2.19 bits per heavy atom. The predicted molar refractivity (Wildman–Crippen MR) is 60.0 cm³/mol. The van der Waals surface area contributed by atoms with Gasteiger partial charge in [0.05, 0.1) is 20.7 Å². The summed E-state index contributed by atoms with van der Waals surface area (Å²) in [5, 5.41) is 0. The van der Waals surface area contributed by atoms with E-state index in [1.807, 2.05) is 14.1 Å². The Kier molecular flexibility index (Phi) is 6.92. The Morgan fingerprint density at radius 2 is 1.69 bits per heavy atom. The molecular formula is C11H22NO4+. The normalized spacial score (nSPS) is 11.2. The van der Waals surface area contributed by atoms with Gasteiger partial charge in [-0.05, 0) is 6.92 Å². The number of Topliss-reactive ketones (excluding diaryl/α,β-unsaturated/α-hetero) is 1. The fraction of sp³-hybridized carbons (Fsp3) is 0.818. The van der Waals surface area contributed by atoms with Gasteiger partial charge >= 0.3 is 5.97 Å². The van der Waals surface area contributed by atoms with Gasteiger partial charge in [-0.3, -0.25) is 9.59 Å². The van der Waals surface area contributed by atoms with Crippen molar-refractivity contribution in [1.29, 1.82) is 0 Å². The molecule has 0 aliphatic heterocycles. The van der Waals surface area contributed by atoms with E-state index in [1.165, 1.54) is 6.92 Å². The number of quaternary nitrogens is 1. The Morgan fingerprint density at radius 1 is 1.12 bits per heavy atom. The largest absolute Gasteiger partial charge is 0.459 e. The van der Waals surface area contributed by atoms with Crippen molar-refractivity contribution in [2.24, 2.45) is 0 Å². The molecule has 0 bridgehead atoms. The molecule has 0 amide bonds. The van der Waals surface area contributed by atoms with E-state index in [2.05, 4.69) is 0 Å². The number of carbonyl (C=O) groups excluding carboxylic acids is 2. The molecule has 0 aromatic carbocycles. The van der Waals surface area contributed by atoms with Crippen molar-refractivity contribution in [3.8, 4) is 0 Å². The Bertz CT molecular complexity index is 238. The molecule has 94 valence electrons. The minimum atomic E-state index is -0.445. The first-order chi connectivity index (χ1) is 7.37. The van der Waals surface area contributed by atoms with Crippen LogP contribution in [0.2, 0.25) is 0 Å². The van der Waals surface area contributed by atoms with E-state index in [-0.39, 0.29) is 12.2 Å². The summed E-state index contributed by atoms with van der Waals surface area (Å²) in [4.78, 5) is 21.7. The molecule has 0 N–H and O–H groups in total. The van der Waals surface area contributed by atoms with E-state index < -0.39 is 5.97 Å². The van der Waals surface area contributed by atoms with Crippen molar-refractivity contribution in [2.45, 2.75) is 13.3 Å². The van der Waals surface area contributed by atoms with Crippen LogP contribution < -0.4 is 0 Å². The Hall–Kier alpha value is -0.940. The Balaban J connectivity index is 3.71. The highest BCUT2D eigenvalue weighted by atomic mass is 16.5. The highest BCUT2D eigenvalue weighted by Crippen LogP contribution is 1.97. The molecule has 0 aliphatic carbocycles. The van der Waals surface area contributed by atoms with Gasteiger partial charge in [0, 0.05) is 7.11 Å². The molecule has 0 aliphatic rings. The molecule has 0 saturated carbocycles. The van der Waals surface area contributed by atoms with Crippen molar-refractivity contribution in [3.05, 3.63) is 0 Å². The maximum absolute atomic E-state index is 11.1. The second-order valence-corrected chi connectivity index (χ2v) is 4.48. The summed E-state index contributed by atoms with van der Waals surface area (Å²) in [5.41, 5.74) is 0. The molecule has 5 heteroatoms. The van der Waals surface area contributed by atoms with Crippen molar-refractivity contribution < 1.29 is 23.5 Å². The maximum atomic E-state index is 11.1. The summed E-state index contributed by atoms with van der Waals surface area (Å²) < 4.78 is 10.7. The van der Waals surface area contributed by atoms with Crippen LogP contribution in [-0.4, -0.2) is 63.7 Å². The van der Waals surface area contributed by atoms with Gasteiger partial charge in [-0.25, -0.2) is 0 Å². The number of hydrogen-bond donors (Lipinski definition) is 0. The van der Waals surface area contributed by atoms with Crippen molar-refractivity contribution >= 4 is 11.8 Å². The van der Waals surface area contributed by atoms with Gasteiger partial charge in [0.15, 0.2) is 0 Å². The van der Waals surface area contributed by atoms with Crippen LogP contribution >= 0.6 is 0 Å². The van der Waals surface area contributed by atoms with Gasteiger partial charge in [-0.2, -0.15) is 0 Å². The van der Waals surface area contributed by atoms with E-state index in [9.17, 15) is 9.59 Å². The molecule has 16 heavy (non-hydrogen) atoms. The lowest BCUT2D eigenvalue weighted by Crippen LogP contribution is -2.44. The zero-order valence-electron chi connectivity index (χ0n) is 10.6. The molecule has 0 saturated heterocycles. The highest BCUT2D eigenvalue weighted by Gasteiger charge is 2.15. The van der Waals surface area contributed by atoms with Crippen LogP contribution in [-0.2, 0) is 19.1 Å². The third kappa shape index (κ3) is 8.38. The number of methoxy groups -OCH3 is 1. The number of likely N-dealkylation sites (N-methyl/N-ethyl adjacent to an activating group) is 1. The molecular weight excluding hydrogens is 210 g/mol. The molecule has 0 aromatic rings. The molecule has 0 spiro atoms. The lowest BCUT2D eigenvalue weighted by molar-refractivity contribution is -0.890. The van der Waals surface area contributed by atoms with Crippen LogP contribution in [0, 0.1) is 0 Å². The first kappa shape index (κ1) is 15.1. The zero-order chi connectivity index (χ0) is 12.6. The average Bonchev–Trinajstić information content (AvgIpc) is 2.13. The lowest BCUT2D eigenvalue weighted by Gasteiger charge is -2.29. The second kappa shape index (κ2) is 7.35. The molecule has 0 rings (SSSR count). The van der Waals surface area contributed by atoms with Crippen LogP contribution in [0.1, 0.15) is 13.3 Å². The van der Waals surface area contributed by atoms with E-state index >= 15 is 0 Å². The summed E-state index contributed by atoms with van der Waals surface area (Å²) in [5.74, 6) is -0.614. The van der Waals surface area contributed by atoms with Crippen molar-refractivity contribution in [3.63, 3.8) is 0 Å². The smallest absolute Gasteiger partial charge is 0.313 e. The maximum Gasteiger partial charge on any atom is 0.313 e. The number of carbonyl (C=O) groups is 2. The van der Waals surface area contributed by atoms with E-state index in [1.54, 1.807) is 7.11 Å². The number of hydrogen-bond acceptors (Lipinski definition) is 4. The minimum Gasteiger partial charge on any atom is -0.459 e. The number of esters is 1. The molecule has 0 radical (unpaired) electrons. The van der Waals surface area contributed by atoms with Crippen LogP contribution in [0.25, 0.3) is 0 Å². The number of nitrogens with zero attached hydrogens (tertiary/aromatic N) is 1. The van der Waals surface area contributed by atoms with Gasteiger partial charge in [0.2, 0.25) is 0 Å². The average molecular weight is 232 g/mol. The van der Waals surface area contributed by atoms with Crippen LogP contribution in [0.4, 0.5) is 0 Å². The number of ether oxygens (including phenoxy) is 2. The summed E-state index contributed by atoms with van der Waals surface area (Å²) in [7, 11) is 5.74. The zero-order valence-corrected chi connectivity index (χ0v) is 10.6. The van der Waals surface area contributed by atoms with E-state index in [0.717, 1.165) is 11.0 Å². The number of ketones is 1. The third-order valence-corrected chi connectivity index (χ3v) is 2.25. The minimum absolute atomic E-state index is 0.133. The first-order valence-corrected chi connectivity index (χ1v) is 5.33. The van der Waals surface area contributed by atoms with Crippen molar-refractivity contribution in [2.75, 3.05) is 47.5 Å². The van der Waals surface area contributed by atoms with Crippen LogP contribution in [0.3, 0.4) is 0 Å². The monoisotopic (exact) mass is 232 g/mol. The second-order valence-electron chi connectivity index (χ2n) is 4.48. The lowest BCUT2D eigenvalue weighted by atomic mass is 10.3. The molecule has 0 atom stereocenters.